The van der Waals surface area contributed by atoms with E-state index in [0.717, 1.165) is 39.0 Å². The minimum absolute atomic E-state index is 0.349. The van der Waals surface area contributed by atoms with Crippen LogP contribution in [0.1, 0.15) is 11.6 Å². The zero-order valence-electron chi connectivity index (χ0n) is 10.8. The van der Waals surface area contributed by atoms with Gasteiger partial charge in [-0.2, -0.15) is 15.0 Å². The second-order valence-electron chi connectivity index (χ2n) is 4.97. The molecule has 1 aliphatic heterocycles. The number of aryl methyl sites for hydroxylation is 1. The van der Waals surface area contributed by atoms with Gasteiger partial charge in [0.25, 0.3) is 0 Å². The van der Waals surface area contributed by atoms with Gasteiger partial charge in [-0.05, 0) is 24.6 Å². The quantitative estimate of drug-likeness (QED) is 0.730. The molecule has 20 heavy (non-hydrogen) atoms. The van der Waals surface area contributed by atoms with E-state index in [1.165, 1.54) is 0 Å². The van der Waals surface area contributed by atoms with Gasteiger partial charge in [-0.15, -0.1) is 0 Å². The molecule has 0 radical (unpaired) electrons. The molecule has 102 valence electrons. The SMILES string of the molecule is Cc1cc(Cl)cc2sc(N3CC(n4nccn4)C3)nc12. The Bertz CT molecular complexity index is 761. The number of benzene rings is 1. The van der Waals surface area contributed by atoms with Gasteiger partial charge >= 0.3 is 0 Å². The van der Waals surface area contributed by atoms with E-state index >= 15 is 0 Å². The third-order valence-electron chi connectivity index (χ3n) is 3.53. The summed E-state index contributed by atoms with van der Waals surface area (Å²) < 4.78 is 1.14. The predicted molar refractivity (Wildman–Crippen MR) is 80.6 cm³/mol. The van der Waals surface area contributed by atoms with Crippen molar-refractivity contribution in [1.82, 2.24) is 20.0 Å². The third kappa shape index (κ3) is 1.87. The van der Waals surface area contributed by atoms with E-state index in [1.807, 2.05) is 19.1 Å². The van der Waals surface area contributed by atoms with Gasteiger partial charge in [0.05, 0.1) is 22.6 Å². The van der Waals surface area contributed by atoms with E-state index < -0.39 is 0 Å². The summed E-state index contributed by atoms with van der Waals surface area (Å²) in [7, 11) is 0. The Morgan fingerprint density at radius 3 is 2.75 bits per heavy atom. The topological polar surface area (TPSA) is 46.8 Å². The van der Waals surface area contributed by atoms with Crippen molar-refractivity contribution < 1.29 is 0 Å². The normalized spacial score (nSPS) is 15.8. The van der Waals surface area contributed by atoms with E-state index in [0.29, 0.717) is 6.04 Å². The first-order valence-electron chi connectivity index (χ1n) is 6.38. The van der Waals surface area contributed by atoms with Crippen molar-refractivity contribution >= 4 is 38.3 Å². The van der Waals surface area contributed by atoms with E-state index in [1.54, 1.807) is 28.5 Å². The Morgan fingerprint density at radius 1 is 1.25 bits per heavy atom. The summed E-state index contributed by atoms with van der Waals surface area (Å²) in [5.41, 5.74) is 2.18. The van der Waals surface area contributed by atoms with Crippen molar-refractivity contribution in [3.05, 3.63) is 35.1 Å². The van der Waals surface area contributed by atoms with Crippen LogP contribution < -0.4 is 4.90 Å². The van der Waals surface area contributed by atoms with Gasteiger partial charge in [0.1, 0.15) is 6.04 Å². The maximum Gasteiger partial charge on any atom is 0.186 e. The highest BCUT2D eigenvalue weighted by Gasteiger charge is 2.31. The zero-order chi connectivity index (χ0) is 13.7. The van der Waals surface area contributed by atoms with Gasteiger partial charge in [0, 0.05) is 18.1 Å². The van der Waals surface area contributed by atoms with E-state index in [4.69, 9.17) is 16.6 Å². The lowest BCUT2D eigenvalue weighted by molar-refractivity contribution is 0.332. The average Bonchev–Trinajstić information content (AvgIpc) is 2.96. The molecule has 7 heteroatoms. The molecule has 0 unspecified atom stereocenters. The zero-order valence-corrected chi connectivity index (χ0v) is 12.4. The van der Waals surface area contributed by atoms with Crippen molar-refractivity contribution in [2.45, 2.75) is 13.0 Å². The summed E-state index contributed by atoms with van der Waals surface area (Å²) in [6.07, 6.45) is 3.43. The van der Waals surface area contributed by atoms with Crippen LogP contribution in [0.15, 0.2) is 24.5 Å². The molecule has 0 aliphatic carbocycles. The van der Waals surface area contributed by atoms with Gasteiger partial charge in [-0.25, -0.2) is 4.98 Å². The maximum absolute atomic E-state index is 6.10. The van der Waals surface area contributed by atoms with Crippen molar-refractivity contribution in [3.8, 4) is 0 Å². The van der Waals surface area contributed by atoms with E-state index in [2.05, 4.69) is 15.1 Å². The summed E-state index contributed by atoms with van der Waals surface area (Å²) >= 11 is 7.79. The lowest BCUT2D eigenvalue weighted by Gasteiger charge is -2.37. The number of aromatic nitrogens is 4. The van der Waals surface area contributed by atoms with Crippen LogP contribution in [0.2, 0.25) is 5.02 Å². The molecule has 0 atom stereocenters. The van der Waals surface area contributed by atoms with Crippen LogP contribution in [-0.4, -0.2) is 33.1 Å². The summed E-state index contributed by atoms with van der Waals surface area (Å²) in [5, 5.41) is 10.2. The molecule has 0 bridgehead atoms. The number of rotatable bonds is 2. The van der Waals surface area contributed by atoms with Crippen LogP contribution >= 0.6 is 22.9 Å². The Hall–Kier alpha value is -1.66. The van der Waals surface area contributed by atoms with Crippen molar-refractivity contribution in [3.63, 3.8) is 0 Å². The second kappa shape index (κ2) is 4.43. The molecule has 4 rings (SSSR count). The van der Waals surface area contributed by atoms with Gasteiger partial charge in [-0.3, -0.25) is 0 Å². The van der Waals surface area contributed by atoms with Crippen molar-refractivity contribution in [2.24, 2.45) is 0 Å². The molecular weight excluding hydrogens is 294 g/mol. The number of thiazole rings is 1. The number of hydrogen-bond donors (Lipinski definition) is 0. The fourth-order valence-electron chi connectivity index (χ4n) is 2.45. The summed E-state index contributed by atoms with van der Waals surface area (Å²) in [5.74, 6) is 0. The Labute approximate surface area is 124 Å². The Kier molecular flexibility index (Phi) is 2.68. The minimum Gasteiger partial charge on any atom is -0.343 e. The molecule has 2 aromatic heterocycles. The molecule has 1 fully saturated rings. The molecule has 0 amide bonds. The number of anilines is 1. The standard InChI is InChI=1S/C13H12ClN5S/c1-8-4-9(14)5-11-12(8)17-13(20-11)18-6-10(7-18)19-15-2-3-16-19/h2-5,10H,6-7H2,1H3. The molecule has 1 aromatic carbocycles. The smallest absolute Gasteiger partial charge is 0.186 e. The molecular formula is C13H12ClN5S. The van der Waals surface area contributed by atoms with Crippen molar-refractivity contribution in [2.75, 3.05) is 18.0 Å². The van der Waals surface area contributed by atoms with Crippen molar-refractivity contribution in [1.29, 1.82) is 0 Å². The van der Waals surface area contributed by atoms with Crippen LogP contribution in [0, 0.1) is 6.92 Å². The van der Waals surface area contributed by atoms with Gasteiger partial charge in [0.15, 0.2) is 5.13 Å². The fourth-order valence-corrected chi connectivity index (χ4v) is 3.89. The van der Waals surface area contributed by atoms with Crippen LogP contribution in [0.5, 0.6) is 0 Å². The molecule has 1 aliphatic rings. The predicted octanol–water partition coefficient (Wildman–Crippen LogP) is 2.91. The molecule has 5 nitrogen and oxygen atoms in total. The number of halogens is 1. The number of hydrogen-bond acceptors (Lipinski definition) is 5. The fraction of sp³-hybridized carbons (Fsp3) is 0.308. The van der Waals surface area contributed by atoms with Crippen LogP contribution in [-0.2, 0) is 0 Å². The van der Waals surface area contributed by atoms with Gasteiger partial charge in [-0.1, -0.05) is 22.9 Å². The largest absolute Gasteiger partial charge is 0.343 e. The molecule has 0 saturated carbocycles. The number of nitrogens with zero attached hydrogens (tertiary/aromatic N) is 5. The highest BCUT2D eigenvalue weighted by molar-refractivity contribution is 7.22. The highest BCUT2D eigenvalue weighted by atomic mass is 35.5. The summed E-state index contributed by atoms with van der Waals surface area (Å²) in [4.78, 5) is 8.75. The van der Waals surface area contributed by atoms with Gasteiger partial charge < -0.3 is 4.90 Å². The Balaban J connectivity index is 1.60. The first kappa shape index (κ1) is 12.1. The first-order chi connectivity index (χ1) is 9.70. The molecule has 3 heterocycles. The van der Waals surface area contributed by atoms with Gasteiger partial charge in [0.2, 0.25) is 0 Å². The molecule has 1 saturated heterocycles. The van der Waals surface area contributed by atoms with Crippen LogP contribution in [0.4, 0.5) is 5.13 Å². The van der Waals surface area contributed by atoms with E-state index in [9.17, 15) is 0 Å². The van der Waals surface area contributed by atoms with Crippen LogP contribution in [0.3, 0.4) is 0 Å². The second-order valence-corrected chi connectivity index (χ2v) is 6.42. The average molecular weight is 306 g/mol. The van der Waals surface area contributed by atoms with E-state index in [-0.39, 0.29) is 0 Å². The highest BCUT2D eigenvalue weighted by Crippen LogP contribution is 2.36. The lowest BCUT2D eigenvalue weighted by atomic mass is 10.1. The summed E-state index contributed by atoms with van der Waals surface area (Å²) in [6, 6.07) is 4.29. The first-order valence-corrected chi connectivity index (χ1v) is 7.57. The summed E-state index contributed by atoms with van der Waals surface area (Å²) in [6.45, 7) is 3.85. The minimum atomic E-state index is 0.349. The molecule has 0 spiro atoms. The molecule has 3 aromatic rings. The monoisotopic (exact) mass is 305 g/mol. The van der Waals surface area contributed by atoms with Crippen LogP contribution in [0.25, 0.3) is 10.2 Å². The third-order valence-corrected chi connectivity index (χ3v) is 4.82. The lowest BCUT2D eigenvalue weighted by Crippen LogP contribution is -2.48. The number of fused-ring (bicyclic) bond motifs is 1. The maximum atomic E-state index is 6.10. The Morgan fingerprint density at radius 2 is 2.00 bits per heavy atom. The molecule has 0 N–H and O–H groups in total.